The zero-order valence-electron chi connectivity index (χ0n) is 15.2. The second-order valence-corrected chi connectivity index (χ2v) is 9.03. The number of carbonyl (C=O) groups is 1. The fourth-order valence-electron chi connectivity index (χ4n) is 5.79. The van der Waals surface area contributed by atoms with Gasteiger partial charge in [0.15, 0.2) is 0 Å². The lowest BCUT2D eigenvalue weighted by Crippen LogP contribution is -2.38. The van der Waals surface area contributed by atoms with Gasteiger partial charge >= 0.3 is 0 Å². The monoisotopic (exact) mass is 330 g/mol. The van der Waals surface area contributed by atoms with Gasteiger partial charge in [0.2, 0.25) is 0 Å². The van der Waals surface area contributed by atoms with E-state index >= 15 is 0 Å². The summed E-state index contributed by atoms with van der Waals surface area (Å²) in [7, 11) is 0. The molecular formula is C24H26O. The first kappa shape index (κ1) is 15.4. The quantitative estimate of drug-likeness (QED) is 0.675. The number of carbonyl (C=O) groups excluding carboxylic acids is 1. The van der Waals surface area contributed by atoms with Crippen LogP contribution >= 0.6 is 0 Å². The van der Waals surface area contributed by atoms with Crippen molar-refractivity contribution >= 4 is 16.6 Å². The number of ketones is 1. The molecule has 0 aliphatic heterocycles. The van der Waals surface area contributed by atoms with Crippen LogP contribution in [0.3, 0.4) is 0 Å². The van der Waals surface area contributed by atoms with Crippen molar-refractivity contribution in [2.45, 2.75) is 51.4 Å². The summed E-state index contributed by atoms with van der Waals surface area (Å²) in [6, 6.07) is 11.6. The molecule has 1 spiro atoms. The lowest BCUT2D eigenvalue weighted by Gasteiger charge is -2.40. The standard InChI is InChI=1S/C24H26O/c1-15(2)7-16-3-5-18-10-20-11-22(25)14-24(23(20)12-19(18)8-16)13-17-4-6-21(24)9-17/h3-6,8,10,12,15,17,21H,7,9,11,13-14H2,1-2H3. The van der Waals surface area contributed by atoms with Gasteiger partial charge in [-0.15, -0.1) is 0 Å². The number of rotatable bonds is 2. The van der Waals surface area contributed by atoms with E-state index in [1.165, 1.54) is 40.3 Å². The van der Waals surface area contributed by atoms with Gasteiger partial charge in [-0.3, -0.25) is 4.79 Å². The summed E-state index contributed by atoms with van der Waals surface area (Å²) >= 11 is 0. The fourth-order valence-corrected chi connectivity index (χ4v) is 5.79. The van der Waals surface area contributed by atoms with Crippen LogP contribution in [0.5, 0.6) is 0 Å². The molecule has 3 atom stereocenters. The molecule has 5 rings (SSSR count). The lowest BCUT2D eigenvalue weighted by molar-refractivity contribution is -0.120. The van der Waals surface area contributed by atoms with E-state index in [0.29, 0.717) is 30.0 Å². The molecule has 25 heavy (non-hydrogen) atoms. The molecule has 0 radical (unpaired) electrons. The first-order valence-electron chi connectivity index (χ1n) is 9.79. The molecule has 2 aromatic rings. The van der Waals surface area contributed by atoms with Crippen LogP contribution in [0, 0.1) is 17.8 Å². The van der Waals surface area contributed by atoms with Crippen molar-refractivity contribution in [3.63, 3.8) is 0 Å². The molecule has 3 unspecified atom stereocenters. The van der Waals surface area contributed by atoms with Crippen LogP contribution in [0.15, 0.2) is 42.5 Å². The van der Waals surface area contributed by atoms with E-state index in [-0.39, 0.29) is 5.41 Å². The second-order valence-electron chi connectivity index (χ2n) is 9.03. The maximum Gasteiger partial charge on any atom is 0.138 e. The molecule has 1 fully saturated rings. The van der Waals surface area contributed by atoms with Gasteiger partial charge in [0.25, 0.3) is 0 Å². The van der Waals surface area contributed by atoms with Gasteiger partial charge in [-0.2, -0.15) is 0 Å². The highest BCUT2D eigenvalue weighted by atomic mass is 16.1. The number of hydrogen-bond donors (Lipinski definition) is 0. The third-order valence-corrected chi connectivity index (χ3v) is 6.72. The Labute approximate surface area is 150 Å². The predicted molar refractivity (Wildman–Crippen MR) is 103 cm³/mol. The van der Waals surface area contributed by atoms with E-state index in [1.807, 2.05) is 0 Å². The Morgan fingerprint density at radius 3 is 2.72 bits per heavy atom. The highest BCUT2D eigenvalue weighted by Gasteiger charge is 2.52. The Bertz CT molecular complexity index is 904. The van der Waals surface area contributed by atoms with Crippen molar-refractivity contribution in [3.05, 3.63) is 59.2 Å². The average Bonchev–Trinajstić information content (AvgIpc) is 3.14. The summed E-state index contributed by atoms with van der Waals surface area (Å²) in [4.78, 5) is 12.6. The van der Waals surface area contributed by atoms with Gasteiger partial charge in [0, 0.05) is 18.3 Å². The molecule has 0 N–H and O–H groups in total. The van der Waals surface area contributed by atoms with Crippen molar-refractivity contribution in [1.29, 1.82) is 0 Å². The van der Waals surface area contributed by atoms with Crippen LogP contribution < -0.4 is 0 Å². The van der Waals surface area contributed by atoms with Crippen molar-refractivity contribution < 1.29 is 4.79 Å². The number of benzene rings is 2. The molecule has 2 aromatic carbocycles. The first-order valence-corrected chi connectivity index (χ1v) is 9.79. The summed E-state index contributed by atoms with van der Waals surface area (Å²) in [5.74, 6) is 2.36. The molecule has 128 valence electrons. The van der Waals surface area contributed by atoms with Gasteiger partial charge in [-0.05, 0) is 64.5 Å². The molecule has 3 aliphatic carbocycles. The number of fused-ring (bicyclic) bond motifs is 6. The fraction of sp³-hybridized carbons (Fsp3) is 0.458. The third kappa shape index (κ3) is 2.32. The average molecular weight is 330 g/mol. The molecule has 0 aromatic heterocycles. The SMILES string of the molecule is CC(C)Cc1ccc2cc3c(cc2c1)C1(CC(=O)C3)CC2C=CC1C2. The van der Waals surface area contributed by atoms with Gasteiger partial charge in [0.05, 0.1) is 0 Å². The summed E-state index contributed by atoms with van der Waals surface area (Å²) < 4.78 is 0. The van der Waals surface area contributed by atoms with E-state index < -0.39 is 0 Å². The molecule has 0 heterocycles. The van der Waals surface area contributed by atoms with Gasteiger partial charge < -0.3 is 0 Å². The van der Waals surface area contributed by atoms with E-state index in [1.54, 1.807) is 0 Å². The van der Waals surface area contributed by atoms with E-state index in [9.17, 15) is 4.79 Å². The molecule has 2 bridgehead atoms. The molecule has 3 aliphatic rings. The molecule has 0 amide bonds. The summed E-state index contributed by atoms with van der Waals surface area (Å²) in [5, 5.41) is 2.65. The van der Waals surface area contributed by atoms with Gasteiger partial charge in [-0.1, -0.05) is 56.3 Å². The number of hydrogen-bond acceptors (Lipinski definition) is 1. The maximum atomic E-state index is 12.6. The minimum atomic E-state index is 0.0896. The van der Waals surface area contributed by atoms with E-state index in [4.69, 9.17) is 0 Å². The van der Waals surface area contributed by atoms with Crippen molar-refractivity contribution in [2.75, 3.05) is 0 Å². The highest BCUT2D eigenvalue weighted by molar-refractivity contribution is 5.91. The molecule has 0 saturated heterocycles. The van der Waals surface area contributed by atoms with Gasteiger partial charge in [-0.25, -0.2) is 0 Å². The van der Waals surface area contributed by atoms with Crippen LogP contribution in [0.25, 0.3) is 10.8 Å². The Morgan fingerprint density at radius 2 is 2.00 bits per heavy atom. The van der Waals surface area contributed by atoms with Crippen LogP contribution in [-0.2, 0) is 23.1 Å². The minimum Gasteiger partial charge on any atom is -0.299 e. The van der Waals surface area contributed by atoms with Crippen LogP contribution in [0.2, 0.25) is 0 Å². The minimum absolute atomic E-state index is 0.0896. The lowest BCUT2D eigenvalue weighted by atomic mass is 9.62. The summed E-state index contributed by atoms with van der Waals surface area (Å²) in [6.45, 7) is 4.55. The number of allylic oxidation sites excluding steroid dienone is 2. The molecular weight excluding hydrogens is 304 g/mol. The smallest absolute Gasteiger partial charge is 0.138 e. The van der Waals surface area contributed by atoms with Crippen LogP contribution in [0.1, 0.15) is 49.8 Å². The van der Waals surface area contributed by atoms with E-state index in [0.717, 1.165) is 12.8 Å². The summed E-state index contributed by atoms with van der Waals surface area (Å²) in [6.07, 6.45) is 9.71. The first-order chi connectivity index (χ1) is 12.0. The zero-order chi connectivity index (χ0) is 17.2. The van der Waals surface area contributed by atoms with E-state index in [2.05, 4.69) is 56.3 Å². The highest BCUT2D eigenvalue weighted by Crippen LogP contribution is 2.57. The Kier molecular flexibility index (Phi) is 3.26. The van der Waals surface area contributed by atoms with Gasteiger partial charge in [0.1, 0.15) is 5.78 Å². The second kappa shape index (κ2) is 5.30. The van der Waals surface area contributed by atoms with Crippen molar-refractivity contribution in [1.82, 2.24) is 0 Å². The molecule has 1 saturated carbocycles. The van der Waals surface area contributed by atoms with Crippen LogP contribution in [0.4, 0.5) is 0 Å². The third-order valence-electron chi connectivity index (χ3n) is 6.72. The Balaban J connectivity index is 1.67. The molecule has 1 heteroatoms. The molecule has 1 nitrogen and oxygen atoms in total. The topological polar surface area (TPSA) is 17.1 Å². The predicted octanol–water partition coefficient (Wildman–Crippen LogP) is 5.39. The Hall–Kier alpha value is -1.89. The maximum absolute atomic E-state index is 12.6. The largest absolute Gasteiger partial charge is 0.299 e. The van der Waals surface area contributed by atoms with Crippen molar-refractivity contribution in [3.8, 4) is 0 Å². The summed E-state index contributed by atoms with van der Waals surface area (Å²) in [5.41, 5.74) is 4.29. The van der Waals surface area contributed by atoms with Crippen LogP contribution in [-0.4, -0.2) is 5.78 Å². The Morgan fingerprint density at radius 1 is 1.12 bits per heavy atom. The zero-order valence-corrected chi connectivity index (χ0v) is 15.2. The normalized spacial score (nSPS) is 30.0. The van der Waals surface area contributed by atoms with Crippen molar-refractivity contribution in [2.24, 2.45) is 17.8 Å². The number of Topliss-reactive ketones (excluding diaryl/α,β-unsaturated/α-hetero) is 1.